The summed E-state index contributed by atoms with van der Waals surface area (Å²) < 4.78 is 0. The number of carbonyl (C=O) groups excluding carboxylic acids is 1. The molecule has 26 heavy (non-hydrogen) atoms. The van der Waals surface area contributed by atoms with E-state index in [1.165, 1.54) is 11.3 Å². The molecule has 0 amide bonds. The minimum absolute atomic E-state index is 0.144. The molecular formula is C21H19NO3S. The van der Waals surface area contributed by atoms with E-state index in [1.807, 2.05) is 50.2 Å². The number of aromatic carboxylic acids is 1. The number of thiophene rings is 1. The largest absolute Gasteiger partial charge is 0.478 e. The summed E-state index contributed by atoms with van der Waals surface area (Å²) in [5.74, 6) is -1.21. The zero-order valence-electron chi connectivity index (χ0n) is 14.8. The maximum Gasteiger partial charge on any atom is 0.339 e. The first kappa shape index (κ1) is 17.9. The van der Waals surface area contributed by atoms with Crippen LogP contribution in [0.4, 0.5) is 10.7 Å². The highest BCUT2D eigenvalue weighted by atomic mass is 32.1. The fourth-order valence-electron chi connectivity index (χ4n) is 2.68. The van der Waals surface area contributed by atoms with Crippen LogP contribution in [0.3, 0.4) is 0 Å². The maximum atomic E-state index is 12.9. The van der Waals surface area contributed by atoms with Crippen molar-refractivity contribution >= 4 is 33.8 Å². The van der Waals surface area contributed by atoms with Gasteiger partial charge < -0.3 is 10.4 Å². The number of carboxylic acid groups (broad SMARTS) is 1. The molecule has 0 unspecified atom stereocenters. The predicted octanol–water partition coefficient (Wildman–Crippen LogP) is 5.35. The Kier molecular flexibility index (Phi) is 4.91. The van der Waals surface area contributed by atoms with Crippen molar-refractivity contribution in [3.8, 4) is 0 Å². The topological polar surface area (TPSA) is 66.4 Å². The molecule has 0 fully saturated rings. The van der Waals surface area contributed by atoms with Crippen LogP contribution in [-0.2, 0) is 0 Å². The van der Waals surface area contributed by atoms with E-state index in [4.69, 9.17) is 0 Å². The van der Waals surface area contributed by atoms with Crippen molar-refractivity contribution < 1.29 is 14.7 Å². The molecule has 0 atom stereocenters. The van der Waals surface area contributed by atoms with E-state index in [9.17, 15) is 14.7 Å². The van der Waals surface area contributed by atoms with Gasteiger partial charge in [-0.1, -0.05) is 47.5 Å². The summed E-state index contributed by atoms with van der Waals surface area (Å²) in [6, 6.07) is 15.0. The van der Waals surface area contributed by atoms with E-state index < -0.39 is 5.97 Å². The van der Waals surface area contributed by atoms with Gasteiger partial charge in [0.15, 0.2) is 0 Å². The number of carboxylic acids is 1. The number of aryl methyl sites for hydroxylation is 2. The molecular weight excluding hydrogens is 346 g/mol. The highest BCUT2D eigenvalue weighted by Gasteiger charge is 2.25. The quantitative estimate of drug-likeness (QED) is 0.599. The lowest BCUT2D eigenvalue weighted by Gasteiger charge is -2.05. The number of nitrogens with one attached hydrogen (secondary N) is 1. The van der Waals surface area contributed by atoms with Crippen LogP contribution in [-0.4, -0.2) is 16.9 Å². The van der Waals surface area contributed by atoms with Gasteiger partial charge in [0.1, 0.15) is 5.00 Å². The Balaban J connectivity index is 2.01. The van der Waals surface area contributed by atoms with Gasteiger partial charge in [-0.15, -0.1) is 11.3 Å². The van der Waals surface area contributed by atoms with E-state index >= 15 is 0 Å². The lowest BCUT2D eigenvalue weighted by atomic mass is 10.0. The molecule has 0 saturated carbocycles. The lowest BCUT2D eigenvalue weighted by Crippen LogP contribution is -2.04. The number of hydrogen-bond donors (Lipinski definition) is 2. The Morgan fingerprint density at radius 1 is 0.885 bits per heavy atom. The third-order valence-electron chi connectivity index (χ3n) is 4.19. The van der Waals surface area contributed by atoms with Crippen molar-refractivity contribution in [2.75, 3.05) is 5.32 Å². The molecule has 0 saturated heterocycles. The Labute approximate surface area is 156 Å². The van der Waals surface area contributed by atoms with E-state index in [1.54, 1.807) is 19.1 Å². The van der Waals surface area contributed by atoms with Crippen LogP contribution in [0.25, 0.3) is 0 Å². The van der Waals surface area contributed by atoms with Crippen molar-refractivity contribution in [2.24, 2.45) is 0 Å². The van der Waals surface area contributed by atoms with Crippen LogP contribution in [0.15, 0.2) is 48.5 Å². The number of benzene rings is 2. The summed E-state index contributed by atoms with van der Waals surface area (Å²) in [7, 11) is 0. The van der Waals surface area contributed by atoms with Gasteiger partial charge in [0, 0.05) is 11.3 Å². The van der Waals surface area contributed by atoms with Crippen molar-refractivity contribution in [1.29, 1.82) is 0 Å². The Hall–Kier alpha value is -2.92. The highest BCUT2D eigenvalue weighted by Crippen LogP contribution is 2.36. The lowest BCUT2D eigenvalue weighted by molar-refractivity contribution is 0.0697. The zero-order valence-corrected chi connectivity index (χ0v) is 15.6. The minimum atomic E-state index is -1.05. The number of anilines is 2. The zero-order chi connectivity index (χ0) is 18.8. The normalized spacial score (nSPS) is 10.6. The standard InChI is InChI=1S/C21H19NO3S/c1-12-4-8-15(9-5-12)18(23)19-14(3)17(21(24)25)20(26-19)22-16-10-6-13(2)7-11-16/h4-11,22H,1-3H3,(H,24,25). The molecule has 2 aromatic carbocycles. The fourth-order valence-corrected chi connectivity index (χ4v) is 3.86. The predicted molar refractivity (Wildman–Crippen MR) is 105 cm³/mol. The number of ketones is 1. The number of hydrogen-bond acceptors (Lipinski definition) is 4. The van der Waals surface area contributed by atoms with Crippen molar-refractivity contribution in [3.63, 3.8) is 0 Å². The highest BCUT2D eigenvalue weighted by molar-refractivity contribution is 7.18. The Bertz CT molecular complexity index is 970. The summed E-state index contributed by atoms with van der Waals surface area (Å²) in [4.78, 5) is 25.1. The van der Waals surface area contributed by atoms with Crippen LogP contribution in [0, 0.1) is 20.8 Å². The van der Waals surface area contributed by atoms with Crippen LogP contribution >= 0.6 is 11.3 Å². The first-order valence-electron chi connectivity index (χ1n) is 8.18. The van der Waals surface area contributed by atoms with E-state index in [2.05, 4.69) is 5.32 Å². The molecule has 0 aliphatic carbocycles. The van der Waals surface area contributed by atoms with E-state index in [-0.39, 0.29) is 11.3 Å². The summed E-state index contributed by atoms with van der Waals surface area (Å²) in [5, 5.41) is 13.2. The molecule has 5 heteroatoms. The fraction of sp³-hybridized carbons (Fsp3) is 0.143. The van der Waals surface area contributed by atoms with Crippen molar-refractivity contribution in [2.45, 2.75) is 20.8 Å². The third kappa shape index (κ3) is 3.53. The maximum absolute atomic E-state index is 12.9. The first-order valence-corrected chi connectivity index (χ1v) is 9.00. The molecule has 2 N–H and O–H groups in total. The molecule has 3 aromatic rings. The second-order valence-electron chi connectivity index (χ2n) is 6.25. The molecule has 4 nitrogen and oxygen atoms in total. The molecule has 1 heterocycles. The van der Waals surface area contributed by atoms with Gasteiger partial charge in [0.2, 0.25) is 5.78 Å². The third-order valence-corrected chi connectivity index (χ3v) is 5.40. The molecule has 0 radical (unpaired) electrons. The monoisotopic (exact) mass is 365 g/mol. The SMILES string of the molecule is Cc1ccc(Nc2sc(C(=O)c3ccc(C)cc3)c(C)c2C(=O)O)cc1. The molecule has 0 bridgehead atoms. The van der Waals surface area contributed by atoms with Gasteiger partial charge >= 0.3 is 5.97 Å². The molecule has 0 spiro atoms. The first-order chi connectivity index (χ1) is 12.4. The molecule has 1 aromatic heterocycles. The summed E-state index contributed by atoms with van der Waals surface area (Å²) >= 11 is 1.18. The molecule has 0 aliphatic rings. The molecule has 132 valence electrons. The second kappa shape index (κ2) is 7.14. The minimum Gasteiger partial charge on any atom is -0.478 e. The van der Waals surface area contributed by atoms with E-state index in [0.717, 1.165) is 16.8 Å². The summed E-state index contributed by atoms with van der Waals surface area (Å²) in [6.45, 7) is 5.62. The van der Waals surface area contributed by atoms with Crippen LogP contribution in [0.2, 0.25) is 0 Å². The van der Waals surface area contributed by atoms with Crippen LogP contribution in [0.5, 0.6) is 0 Å². The van der Waals surface area contributed by atoms with Gasteiger partial charge in [0.05, 0.1) is 10.4 Å². The van der Waals surface area contributed by atoms with Gasteiger partial charge in [0.25, 0.3) is 0 Å². The number of rotatable bonds is 5. The van der Waals surface area contributed by atoms with Crippen molar-refractivity contribution in [1.82, 2.24) is 0 Å². The average Bonchev–Trinajstić information content (AvgIpc) is 2.93. The summed E-state index contributed by atoms with van der Waals surface area (Å²) in [6.07, 6.45) is 0. The molecule has 3 rings (SSSR count). The van der Waals surface area contributed by atoms with Gasteiger partial charge in [-0.2, -0.15) is 0 Å². The average molecular weight is 365 g/mol. The van der Waals surface area contributed by atoms with E-state index in [0.29, 0.717) is 21.0 Å². The number of carbonyl (C=O) groups is 2. The van der Waals surface area contributed by atoms with Crippen LogP contribution in [0.1, 0.15) is 42.3 Å². The van der Waals surface area contributed by atoms with Crippen molar-refractivity contribution in [3.05, 3.63) is 81.2 Å². The van der Waals surface area contributed by atoms with Gasteiger partial charge in [-0.3, -0.25) is 4.79 Å². The smallest absolute Gasteiger partial charge is 0.339 e. The summed E-state index contributed by atoms with van der Waals surface area (Å²) in [5.41, 5.74) is 4.16. The second-order valence-corrected chi connectivity index (χ2v) is 7.27. The van der Waals surface area contributed by atoms with Crippen LogP contribution < -0.4 is 5.32 Å². The van der Waals surface area contributed by atoms with Gasteiger partial charge in [-0.05, 0) is 38.5 Å². The Morgan fingerprint density at radius 3 is 1.96 bits per heavy atom. The Morgan fingerprint density at radius 2 is 1.42 bits per heavy atom. The molecule has 0 aliphatic heterocycles. The van der Waals surface area contributed by atoms with Gasteiger partial charge in [-0.25, -0.2) is 4.79 Å².